The Balaban J connectivity index is 1.14. The summed E-state index contributed by atoms with van der Waals surface area (Å²) < 4.78 is 11.2. The van der Waals surface area contributed by atoms with Gasteiger partial charge in [-0.25, -0.2) is 4.98 Å². The van der Waals surface area contributed by atoms with Crippen LogP contribution < -0.4 is 0 Å². The normalized spacial score (nSPS) is 11.9. The highest BCUT2D eigenvalue weighted by molar-refractivity contribution is 6.19. The topological polar surface area (TPSA) is 61.7 Å². The molecule has 0 aliphatic carbocycles. The minimum atomic E-state index is 0.560. The third-order valence-electron chi connectivity index (χ3n) is 11.2. The molecule has 6 nitrogen and oxygen atoms in total. The standard InChI is InChI=1S/C51H31N5O/c1-3-15-32(16-4-1)34-19-13-20-35(29-34)50-52-49(33-17-5-2-6-18-33)53-51(54-50)56-43-26-11-8-22-37(43)41-30-45-40(31-46(41)56)36-21-7-10-25-42(36)55(45)44-27-14-24-39-38-23-9-12-28-47(38)57-48(39)44/h1-31H. The zero-order valence-electron chi connectivity index (χ0n) is 30.5. The van der Waals surface area contributed by atoms with Crippen LogP contribution in [0.15, 0.2) is 192 Å². The van der Waals surface area contributed by atoms with E-state index < -0.39 is 0 Å². The predicted octanol–water partition coefficient (Wildman–Crippen LogP) is 13.0. The van der Waals surface area contributed by atoms with E-state index in [0.717, 1.165) is 93.5 Å². The van der Waals surface area contributed by atoms with E-state index in [1.807, 2.05) is 36.4 Å². The van der Waals surface area contributed by atoms with Crippen LogP contribution in [0, 0.1) is 0 Å². The lowest BCUT2D eigenvalue weighted by atomic mass is 10.0. The number of hydrogen-bond acceptors (Lipinski definition) is 4. The van der Waals surface area contributed by atoms with Crippen molar-refractivity contribution in [3.8, 4) is 45.5 Å². The summed E-state index contributed by atoms with van der Waals surface area (Å²) in [5, 5.41) is 6.71. The van der Waals surface area contributed by atoms with Gasteiger partial charge < -0.3 is 8.98 Å². The highest BCUT2D eigenvalue weighted by Crippen LogP contribution is 2.42. The first-order valence-electron chi connectivity index (χ1n) is 19.1. The SMILES string of the molecule is c1ccc(-c2cccc(-c3nc(-c4ccccc4)nc(-n4c5ccccc5c5cc6c(cc54)c4ccccc4n6-c4cccc5c4oc4ccccc45)n3)c2)cc1. The number of nitrogens with zero attached hydrogens (tertiary/aromatic N) is 5. The van der Waals surface area contributed by atoms with Crippen LogP contribution in [0.3, 0.4) is 0 Å². The Morgan fingerprint density at radius 2 is 0.860 bits per heavy atom. The molecule has 0 saturated heterocycles. The number of benzene rings is 8. The fraction of sp³-hybridized carbons (Fsp3) is 0. The smallest absolute Gasteiger partial charge is 0.238 e. The third kappa shape index (κ3) is 4.87. The van der Waals surface area contributed by atoms with Crippen molar-refractivity contribution < 1.29 is 4.42 Å². The first-order chi connectivity index (χ1) is 28.3. The fourth-order valence-corrected chi connectivity index (χ4v) is 8.59. The van der Waals surface area contributed by atoms with Gasteiger partial charge in [-0.15, -0.1) is 0 Å². The van der Waals surface area contributed by atoms with Crippen molar-refractivity contribution >= 4 is 65.6 Å². The lowest BCUT2D eigenvalue weighted by Gasteiger charge is -2.12. The molecule has 57 heavy (non-hydrogen) atoms. The summed E-state index contributed by atoms with van der Waals surface area (Å²) in [5.41, 5.74) is 11.1. The molecule has 0 atom stereocenters. The molecule has 0 bridgehead atoms. The first kappa shape index (κ1) is 31.5. The molecule has 0 aliphatic heterocycles. The van der Waals surface area contributed by atoms with E-state index in [4.69, 9.17) is 19.4 Å². The Hall–Kier alpha value is -7.83. The summed E-state index contributed by atoms with van der Waals surface area (Å²) in [6.07, 6.45) is 0. The Bertz CT molecular complexity index is 3520. The Labute approximate surface area is 326 Å². The predicted molar refractivity (Wildman–Crippen MR) is 232 cm³/mol. The van der Waals surface area contributed by atoms with Gasteiger partial charge in [-0.2, -0.15) is 9.97 Å². The van der Waals surface area contributed by atoms with E-state index >= 15 is 0 Å². The summed E-state index contributed by atoms with van der Waals surface area (Å²) in [6.45, 7) is 0. The maximum absolute atomic E-state index is 6.61. The second kappa shape index (κ2) is 12.3. The van der Waals surface area contributed by atoms with E-state index in [1.165, 1.54) is 0 Å². The second-order valence-electron chi connectivity index (χ2n) is 14.4. The molecule has 0 N–H and O–H groups in total. The molecular weight excluding hydrogens is 699 g/mol. The van der Waals surface area contributed by atoms with Crippen molar-refractivity contribution in [3.63, 3.8) is 0 Å². The van der Waals surface area contributed by atoms with Gasteiger partial charge in [0.25, 0.3) is 0 Å². The second-order valence-corrected chi connectivity index (χ2v) is 14.4. The molecule has 0 spiro atoms. The van der Waals surface area contributed by atoms with Gasteiger partial charge in [0.2, 0.25) is 5.95 Å². The Morgan fingerprint density at radius 1 is 0.333 bits per heavy atom. The molecule has 4 heterocycles. The average Bonchev–Trinajstić information content (AvgIpc) is 3.94. The molecule has 0 radical (unpaired) electrons. The van der Waals surface area contributed by atoms with Gasteiger partial charge in [0.05, 0.1) is 27.8 Å². The fourth-order valence-electron chi connectivity index (χ4n) is 8.59. The van der Waals surface area contributed by atoms with Gasteiger partial charge in [0.15, 0.2) is 17.2 Å². The molecule has 0 amide bonds. The molecule has 12 aromatic rings. The summed E-state index contributed by atoms with van der Waals surface area (Å²) >= 11 is 0. The van der Waals surface area contributed by atoms with Crippen LogP contribution in [0.1, 0.15) is 0 Å². The summed E-state index contributed by atoms with van der Waals surface area (Å²) in [6, 6.07) is 65.5. The zero-order chi connectivity index (χ0) is 37.5. The lowest BCUT2D eigenvalue weighted by molar-refractivity contribution is 0.666. The summed E-state index contributed by atoms with van der Waals surface area (Å²) in [4.78, 5) is 15.6. The van der Waals surface area contributed by atoms with Gasteiger partial charge in [-0.3, -0.25) is 4.57 Å². The maximum Gasteiger partial charge on any atom is 0.238 e. The van der Waals surface area contributed by atoms with Crippen molar-refractivity contribution in [1.29, 1.82) is 0 Å². The van der Waals surface area contributed by atoms with Crippen molar-refractivity contribution in [2.75, 3.05) is 0 Å². The van der Waals surface area contributed by atoms with Crippen LogP contribution >= 0.6 is 0 Å². The van der Waals surface area contributed by atoms with Crippen LogP contribution in [0.25, 0.3) is 111 Å². The Morgan fingerprint density at radius 3 is 1.60 bits per heavy atom. The van der Waals surface area contributed by atoms with Crippen LogP contribution in [0.5, 0.6) is 0 Å². The molecule has 0 unspecified atom stereocenters. The number of para-hydroxylation sites is 4. The minimum Gasteiger partial charge on any atom is -0.454 e. The molecular formula is C51H31N5O. The number of hydrogen-bond donors (Lipinski definition) is 0. The van der Waals surface area contributed by atoms with Crippen molar-refractivity contribution in [3.05, 3.63) is 188 Å². The average molecular weight is 730 g/mol. The van der Waals surface area contributed by atoms with E-state index in [-0.39, 0.29) is 0 Å². The Kier molecular flexibility index (Phi) is 6.83. The molecule has 12 rings (SSSR count). The van der Waals surface area contributed by atoms with Crippen molar-refractivity contribution in [2.24, 2.45) is 0 Å². The van der Waals surface area contributed by atoms with Crippen LogP contribution in [-0.4, -0.2) is 24.1 Å². The van der Waals surface area contributed by atoms with Gasteiger partial charge in [0.1, 0.15) is 5.58 Å². The minimum absolute atomic E-state index is 0.560. The number of furan rings is 1. The maximum atomic E-state index is 6.61. The first-order valence-corrected chi connectivity index (χ1v) is 19.1. The van der Waals surface area contributed by atoms with Crippen LogP contribution in [0.4, 0.5) is 0 Å². The zero-order valence-corrected chi connectivity index (χ0v) is 30.5. The number of rotatable bonds is 5. The molecule has 0 fully saturated rings. The largest absolute Gasteiger partial charge is 0.454 e. The quantitative estimate of drug-likeness (QED) is 0.177. The van der Waals surface area contributed by atoms with Crippen molar-refractivity contribution in [2.45, 2.75) is 0 Å². The highest BCUT2D eigenvalue weighted by atomic mass is 16.3. The van der Waals surface area contributed by atoms with Gasteiger partial charge in [0, 0.05) is 43.4 Å². The van der Waals surface area contributed by atoms with Gasteiger partial charge in [-0.1, -0.05) is 146 Å². The molecule has 266 valence electrons. The third-order valence-corrected chi connectivity index (χ3v) is 11.2. The molecule has 8 aromatic carbocycles. The van der Waals surface area contributed by atoms with E-state index in [2.05, 4.69) is 161 Å². The van der Waals surface area contributed by atoms with Crippen molar-refractivity contribution in [1.82, 2.24) is 24.1 Å². The molecule has 6 heteroatoms. The van der Waals surface area contributed by atoms with Gasteiger partial charge >= 0.3 is 0 Å². The summed E-state index contributed by atoms with van der Waals surface area (Å²) in [5.74, 6) is 1.78. The number of fused-ring (bicyclic) bond motifs is 9. The van der Waals surface area contributed by atoms with E-state index in [9.17, 15) is 0 Å². The monoisotopic (exact) mass is 729 g/mol. The molecule has 4 aromatic heterocycles. The molecule has 0 aliphatic rings. The van der Waals surface area contributed by atoms with Crippen LogP contribution in [-0.2, 0) is 0 Å². The number of aromatic nitrogens is 5. The van der Waals surface area contributed by atoms with E-state index in [0.29, 0.717) is 17.6 Å². The van der Waals surface area contributed by atoms with Crippen LogP contribution in [0.2, 0.25) is 0 Å². The van der Waals surface area contributed by atoms with Gasteiger partial charge in [-0.05, 0) is 53.6 Å². The highest BCUT2D eigenvalue weighted by Gasteiger charge is 2.22. The van der Waals surface area contributed by atoms with E-state index in [1.54, 1.807) is 0 Å². The summed E-state index contributed by atoms with van der Waals surface area (Å²) in [7, 11) is 0. The molecule has 0 saturated carbocycles. The lowest BCUT2D eigenvalue weighted by Crippen LogP contribution is -2.06.